The lowest BCUT2D eigenvalue weighted by Crippen LogP contribution is -2.59. The Balaban J connectivity index is 2.10. The van der Waals surface area contributed by atoms with Crippen molar-refractivity contribution in [3.63, 3.8) is 0 Å². The maximum absolute atomic E-state index is 6.35. The maximum atomic E-state index is 6.35. The summed E-state index contributed by atoms with van der Waals surface area (Å²) in [7, 11) is 0. The number of benzene rings is 1. The summed E-state index contributed by atoms with van der Waals surface area (Å²) in [6.07, 6.45) is 0. The summed E-state index contributed by atoms with van der Waals surface area (Å²) >= 11 is 9.81. The van der Waals surface area contributed by atoms with E-state index in [1.807, 2.05) is 6.07 Å². The van der Waals surface area contributed by atoms with Crippen LogP contribution in [0.25, 0.3) is 0 Å². The summed E-state index contributed by atoms with van der Waals surface area (Å²) in [5.41, 5.74) is 1.48. The van der Waals surface area contributed by atoms with Gasteiger partial charge in [0.15, 0.2) is 0 Å². The van der Waals surface area contributed by atoms with Crippen LogP contribution in [-0.4, -0.2) is 30.1 Å². The molecule has 1 saturated heterocycles. The molecule has 1 aliphatic rings. The van der Waals surface area contributed by atoms with Crippen molar-refractivity contribution in [1.82, 2.24) is 10.2 Å². The topological polar surface area (TPSA) is 15.3 Å². The van der Waals surface area contributed by atoms with Crippen LogP contribution in [0, 0.1) is 5.41 Å². The summed E-state index contributed by atoms with van der Waals surface area (Å²) in [5.74, 6) is 0. The Kier molecular flexibility index (Phi) is 5.17. The minimum absolute atomic E-state index is 0.280. The normalized spacial score (nSPS) is 24.9. The van der Waals surface area contributed by atoms with Gasteiger partial charge in [-0.05, 0) is 30.0 Å². The Morgan fingerprint density at radius 1 is 1.40 bits per heavy atom. The highest BCUT2D eigenvalue weighted by Crippen LogP contribution is 2.27. The average Bonchev–Trinajstić information content (AvgIpc) is 2.33. The van der Waals surface area contributed by atoms with Crippen LogP contribution < -0.4 is 5.32 Å². The molecule has 0 radical (unpaired) electrons. The molecule has 1 heterocycles. The zero-order valence-electron chi connectivity index (χ0n) is 12.7. The fourth-order valence-corrected chi connectivity index (χ4v) is 3.32. The van der Waals surface area contributed by atoms with Gasteiger partial charge < -0.3 is 5.32 Å². The van der Waals surface area contributed by atoms with Crippen molar-refractivity contribution in [2.75, 3.05) is 13.1 Å². The SMILES string of the molecule is CC1CNC(C(C)(C)C)CN1Cc1ccc(Br)cc1Cl. The highest BCUT2D eigenvalue weighted by molar-refractivity contribution is 9.10. The Bertz CT molecular complexity index is 470. The van der Waals surface area contributed by atoms with Crippen LogP contribution in [0.3, 0.4) is 0 Å². The highest BCUT2D eigenvalue weighted by Gasteiger charge is 2.32. The van der Waals surface area contributed by atoms with Crippen molar-refractivity contribution in [1.29, 1.82) is 0 Å². The van der Waals surface area contributed by atoms with Crippen LogP contribution in [0.4, 0.5) is 0 Å². The molecule has 2 nitrogen and oxygen atoms in total. The zero-order chi connectivity index (χ0) is 14.9. The zero-order valence-corrected chi connectivity index (χ0v) is 15.1. The fraction of sp³-hybridized carbons (Fsp3) is 0.625. The molecule has 4 heteroatoms. The molecule has 0 spiro atoms. The third kappa shape index (κ3) is 3.97. The molecular weight excluding hydrogens is 336 g/mol. The first-order valence-electron chi connectivity index (χ1n) is 7.18. The van der Waals surface area contributed by atoms with Gasteiger partial charge in [-0.3, -0.25) is 4.90 Å². The van der Waals surface area contributed by atoms with Crippen molar-refractivity contribution in [3.8, 4) is 0 Å². The van der Waals surface area contributed by atoms with Gasteiger partial charge in [-0.1, -0.05) is 54.4 Å². The summed E-state index contributed by atoms with van der Waals surface area (Å²) in [6.45, 7) is 12.2. The van der Waals surface area contributed by atoms with Crippen molar-refractivity contribution in [2.45, 2.75) is 46.3 Å². The number of rotatable bonds is 2. The predicted octanol–water partition coefficient (Wildman–Crippen LogP) is 4.31. The number of nitrogens with zero attached hydrogens (tertiary/aromatic N) is 1. The van der Waals surface area contributed by atoms with E-state index in [0.29, 0.717) is 12.1 Å². The summed E-state index contributed by atoms with van der Waals surface area (Å²) in [4.78, 5) is 2.53. The van der Waals surface area contributed by atoms with Crippen molar-refractivity contribution < 1.29 is 0 Å². The van der Waals surface area contributed by atoms with E-state index in [4.69, 9.17) is 11.6 Å². The van der Waals surface area contributed by atoms with Crippen LogP contribution in [-0.2, 0) is 6.54 Å². The number of piperazine rings is 1. The second kappa shape index (κ2) is 6.35. The molecule has 1 aromatic rings. The van der Waals surface area contributed by atoms with Crippen molar-refractivity contribution >= 4 is 27.5 Å². The molecule has 1 aliphatic heterocycles. The van der Waals surface area contributed by atoms with Gasteiger partial charge in [-0.25, -0.2) is 0 Å². The molecule has 0 aromatic heterocycles. The Morgan fingerprint density at radius 2 is 2.10 bits per heavy atom. The highest BCUT2D eigenvalue weighted by atomic mass is 79.9. The van der Waals surface area contributed by atoms with Gasteiger partial charge in [0.2, 0.25) is 0 Å². The fourth-order valence-electron chi connectivity index (χ4n) is 2.59. The molecule has 0 amide bonds. The van der Waals surface area contributed by atoms with E-state index in [1.54, 1.807) is 0 Å². The van der Waals surface area contributed by atoms with Gasteiger partial charge in [0.1, 0.15) is 0 Å². The quantitative estimate of drug-likeness (QED) is 0.846. The van der Waals surface area contributed by atoms with Gasteiger partial charge >= 0.3 is 0 Å². The molecule has 2 rings (SSSR count). The molecule has 2 unspecified atom stereocenters. The lowest BCUT2D eigenvalue weighted by molar-refractivity contribution is 0.0877. The monoisotopic (exact) mass is 358 g/mol. The van der Waals surface area contributed by atoms with Crippen LogP contribution in [0.5, 0.6) is 0 Å². The van der Waals surface area contributed by atoms with Crippen LogP contribution >= 0.6 is 27.5 Å². The van der Waals surface area contributed by atoms with Crippen LogP contribution in [0.1, 0.15) is 33.3 Å². The molecule has 0 bridgehead atoms. The van der Waals surface area contributed by atoms with E-state index in [1.165, 1.54) is 5.56 Å². The molecule has 1 fully saturated rings. The second-order valence-electron chi connectivity index (χ2n) is 6.84. The van der Waals surface area contributed by atoms with Crippen molar-refractivity contribution in [3.05, 3.63) is 33.3 Å². The first-order valence-corrected chi connectivity index (χ1v) is 8.36. The van der Waals surface area contributed by atoms with Gasteiger partial charge in [0, 0.05) is 41.2 Å². The Morgan fingerprint density at radius 3 is 2.70 bits per heavy atom. The lowest BCUT2D eigenvalue weighted by Gasteiger charge is -2.44. The number of hydrogen-bond acceptors (Lipinski definition) is 2. The van der Waals surface area contributed by atoms with E-state index in [9.17, 15) is 0 Å². The summed E-state index contributed by atoms with van der Waals surface area (Å²) in [6, 6.07) is 7.22. The van der Waals surface area contributed by atoms with Crippen LogP contribution in [0.2, 0.25) is 5.02 Å². The van der Waals surface area contributed by atoms with Crippen LogP contribution in [0.15, 0.2) is 22.7 Å². The van der Waals surface area contributed by atoms with Gasteiger partial charge in [0.05, 0.1) is 0 Å². The number of nitrogens with one attached hydrogen (secondary N) is 1. The molecule has 1 N–H and O–H groups in total. The minimum atomic E-state index is 0.280. The van der Waals surface area contributed by atoms with Gasteiger partial charge in [0.25, 0.3) is 0 Å². The third-order valence-electron chi connectivity index (χ3n) is 4.13. The number of halogens is 2. The summed E-state index contributed by atoms with van der Waals surface area (Å²) in [5, 5.41) is 4.51. The maximum Gasteiger partial charge on any atom is 0.0462 e. The van der Waals surface area contributed by atoms with E-state index < -0.39 is 0 Å². The second-order valence-corrected chi connectivity index (χ2v) is 8.16. The number of hydrogen-bond donors (Lipinski definition) is 1. The van der Waals surface area contributed by atoms with E-state index >= 15 is 0 Å². The molecule has 0 aliphatic carbocycles. The largest absolute Gasteiger partial charge is 0.311 e. The molecule has 112 valence electrons. The molecule has 2 atom stereocenters. The minimum Gasteiger partial charge on any atom is -0.311 e. The molecule has 1 aromatic carbocycles. The predicted molar refractivity (Wildman–Crippen MR) is 90.3 cm³/mol. The molecule has 20 heavy (non-hydrogen) atoms. The first-order chi connectivity index (χ1) is 9.27. The van der Waals surface area contributed by atoms with Crippen molar-refractivity contribution in [2.24, 2.45) is 5.41 Å². The smallest absolute Gasteiger partial charge is 0.0462 e. The molecule has 0 saturated carbocycles. The first kappa shape index (κ1) is 16.3. The van der Waals surface area contributed by atoms with E-state index in [2.05, 4.69) is 66.0 Å². The standard InChI is InChI=1S/C16H24BrClN2/c1-11-8-19-15(16(2,3)4)10-20(11)9-12-5-6-13(17)7-14(12)18/h5-7,11,15,19H,8-10H2,1-4H3. The van der Waals surface area contributed by atoms with E-state index in [-0.39, 0.29) is 5.41 Å². The van der Waals surface area contributed by atoms with Gasteiger partial charge in [-0.15, -0.1) is 0 Å². The Labute approximate surface area is 136 Å². The van der Waals surface area contributed by atoms with E-state index in [0.717, 1.165) is 29.1 Å². The Hall–Kier alpha value is -0.0900. The molecular formula is C16H24BrClN2. The lowest BCUT2D eigenvalue weighted by atomic mass is 9.84. The third-order valence-corrected chi connectivity index (χ3v) is 4.98. The summed E-state index contributed by atoms with van der Waals surface area (Å²) < 4.78 is 1.03. The average molecular weight is 360 g/mol. The van der Waals surface area contributed by atoms with Gasteiger partial charge in [-0.2, -0.15) is 0 Å².